The number of nitrogens with zero attached hydrogens (tertiary/aromatic N) is 5. The van der Waals surface area contributed by atoms with Gasteiger partial charge in [0.1, 0.15) is 18.4 Å². The number of hydrogen-bond acceptors (Lipinski definition) is 8. The highest BCUT2D eigenvalue weighted by Crippen LogP contribution is 2.32. The largest absolute Gasteiger partial charge is 0.481 e. The number of hydrogen-bond donors (Lipinski definition) is 0. The number of pyridine rings is 1. The monoisotopic (exact) mass is 561 g/mol. The predicted molar refractivity (Wildman–Crippen MR) is 154 cm³/mol. The summed E-state index contributed by atoms with van der Waals surface area (Å²) in [5, 5.41) is 16.3. The highest BCUT2D eigenvalue weighted by molar-refractivity contribution is 5.64. The molecular formula is C31H37N5O5. The lowest BCUT2D eigenvalue weighted by molar-refractivity contribution is -0.390. The lowest BCUT2D eigenvalue weighted by Gasteiger charge is -2.29. The first kappa shape index (κ1) is 26.1. The van der Waals surface area contributed by atoms with E-state index in [9.17, 15) is 10.1 Å². The Balaban J connectivity index is 1.35. The van der Waals surface area contributed by atoms with Crippen molar-refractivity contribution in [2.24, 2.45) is 0 Å². The molecule has 1 aromatic carbocycles. The highest BCUT2D eigenvalue weighted by Gasteiger charge is 2.24. The first-order valence-corrected chi connectivity index (χ1v) is 14.0. The van der Waals surface area contributed by atoms with Gasteiger partial charge in [0.2, 0.25) is 5.75 Å². The first-order valence-electron chi connectivity index (χ1n) is 15.0. The quantitative estimate of drug-likeness (QED) is 0.205. The first-order chi connectivity index (χ1) is 20.5. The number of aromatic nitrogens is 3. The number of nitro groups is 1. The second-order valence-electron chi connectivity index (χ2n) is 11.0. The minimum absolute atomic E-state index is 0.156. The summed E-state index contributed by atoms with van der Waals surface area (Å²) in [5.74, 6) is 5.31. The van der Waals surface area contributed by atoms with Crippen molar-refractivity contribution in [1.82, 2.24) is 19.7 Å². The van der Waals surface area contributed by atoms with Gasteiger partial charge in [0.15, 0.2) is 6.29 Å². The van der Waals surface area contributed by atoms with Crippen LogP contribution in [0.4, 0.5) is 5.82 Å². The standard InChI is InChI=1S/C31H37N5O5/c1-31(2,41-29-9-4-5-16-39-29)13-10-23-7-6-8-24(17-23)22-40-28-18-25(19-32-30(28)36(37)38)26-20-33-35(21-26)27-11-14-34(3)15-12-27/h6-8,17-21,27,29H,4-5,9,11-12,14-16,22H2,1-3H3/i22D2. The van der Waals surface area contributed by atoms with Crippen LogP contribution in [0.3, 0.4) is 0 Å². The zero-order valence-corrected chi connectivity index (χ0v) is 23.7. The van der Waals surface area contributed by atoms with Gasteiger partial charge in [-0.25, -0.2) is 0 Å². The molecule has 41 heavy (non-hydrogen) atoms. The number of likely N-dealkylation sites (tertiary alicyclic amines) is 1. The predicted octanol–water partition coefficient (Wildman–Crippen LogP) is 5.37. The molecule has 0 saturated carbocycles. The smallest absolute Gasteiger partial charge is 0.406 e. The van der Waals surface area contributed by atoms with E-state index in [-0.39, 0.29) is 23.6 Å². The Morgan fingerprint density at radius 3 is 2.78 bits per heavy atom. The molecule has 0 bridgehead atoms. The Hall–Kier alpha value is -3.78. The summed E-state index contributed by atoms with van der Waals surface area (Å²) in [4.78, 5) is 17.4. The van der Waals surface area contributed by atoms with Gasteiger partial charge in [0.25, 0.3) is 0 Å². The summed E-state index contributed by atoms with van der Waals surface area (Å²) in [6.45, 7) is 3.95. The molecule has 2 fully saturated rings. The average Bonchev–Trinajstić information content (AvgIpc) is 3.47. The van der Waals surface area contributed by atoms with Gasteiger partial charge >= 0.3 is 5.82 Å². The minimum Gasteiger partial charge on any atom is -0.481 e. The van der Waals surface area contributed by atoms with E-state index < -0.39 is 22.9 Å². The molecule has 0 N–H and O–H groups in total. The zero-order chi connectivity index (χ0) is 30.6. The van der Waals surface area contributed by atoms with Crippen LogP contribution in [-0.2, 0) is 16.0 Å². The number of piperidine rings is 1. The van der Waals surface area contributed by atoms with E-state index in [1.54, 1.807) is 30.5 Å². The van der Waals surface area contributed by atoms with Crippen LogP contribution in [0.25, 0.3) is 11.1 Å². The third-order valence-electron chi connectivity index (χ3n) is 7.22. The molecule has 10 nitrogen and oxygen atoms in total. The molecule has 0 aliphatic carbocycles. The van der Waals surface area contributed by atoms with Gasteiger partial charge in [0.05, 0.1) is 15.0 Å². The maximum atomic E-state index is 11.8. The fourth-order valence-electron chi connectivity index (χ4n) is 4.91. The van der Waals surface area contributed by atoms with E-state index >= 15 is 0 Å². The number of ether oxygens (including phenoxy) is 3. The molecule has 3 aromatic rings. The highest BCUT2D eigenvalue weighted by atomic mass is 16.7. The summed E-state index contributed by atoms with van der Waals surface area (Å²) in [6, 6.07) is 8.25. The minimum atomic E-state index is -2.41. The second kappa shape index (κ2) is 12.8. The van der Waals surface area contributed by atoms with Crippen LogP contribution >= 0.6 is 0 Å². The van der Waals surface area contributed by atoms with E-state index in [2.05, 4.69) is 33.9 Å². The van der Waals surface area contributed by atoms with Gasteiger partial charge in [-0.3, -0.25) is 4.68 Å². The normalized spacial score (nSPS) is 19.5. The molecular weight excluding hydrogens is 522 g/mol. The maximum Gasteiger partial charge on any atom is 0.406 e. The Bertz CT molecular complexity index is 1500. The molecule has 0 radical (unpaired) electrons. The van der Waals surface area contributed by atoms with Gasteiger partial charge in [-0.05, 0) is 93.7 Å². The van der Waals surface area contributed by atoms with Crippen molar-refractivity contribution in [3.8, 4) is 28.7 Å². The van der Waals surface area contributed by atoms with Crippen molar-refractivity contribution in [3.63, 3.8) is 0 Å². The Morgan fingerprint density at radius 1 is 1.20 bits per heavy atom. The van der Waals surface area contributed by atoms with Crippen molar-refractivity contribution in [3.05, 3.63) is 70.2 Å². The van der Waals surface area contributed by atoms with Gasteiger partial charge in [-0.2, -0.15) is 5.10 Å². The average molecular weight is 562 g/mol. The van der Waals surface area contributed by atoms with Crippen LogP contribution in [0.1, 0.15) is 65.9 Å². The second-order valence-corrected chi connectivity index (χ2v) is 11.0. The van der Waals surface area contributed by atoms with E-state index in [1.165, 1.54) is 12.3 Å². The summed E-state index contributed by atoms with van der Waals surface area (Å²) in [7, 11) is 2.10. The maximum absolute atomic E-state index is 11.8. The lowest BCUT2D eigenvalue weighted by Crippen LogP contribution is -2.33. The van der Waals surface area contributed by atoms with Gasteiger partial charge in [0, 0.05) is 35.6 Å². The Labute approximate surface area is 243 Å². The van der Waals surface area contributed by atoms with Crippen molar-refractivity contribution < 1.29 is 21.9 Å². The molecule has 10 heteroatoms. The van der Waals surface area contributed by atoms with Gasteiger partial charge in [-0.15, -0.1) is 0 Å². The van der Waals surface area contributed by atoms with Crippen LogP contribution in [0, 0.1) is 22.0 Å². The van der Waals surface area contributed by atoms with E-state index in [0.29, 0.717) is 23.3 Å². The molecule has 2 aliphatic heterocycles. The molecule has 2 saturated heterocycles. The molecule has 2 aliphatic rings. The van der Waals surface area contributed by atoms with Crippen LogP contribution in [-0.4, -0.2) is 63.2 Å². The third kappa shape index (κ3) is 7.70. The molecule has 2 aromatic heterocycles. The fourth-order valence-corrected chi connectivity index (χ4v) is 4.91. The SMILES string of the molecule is [2H]C([2H])(Oc1cc(-c2cnn(C3CCN(C)CC3)c2)cnc1[N+](=O)[O-])c1cccc(C#CC(C)(C)OC2CCCCO2)c1. The number of benzene rings is 1. The van der Waals surface area contributed by atoms with E-state index in [4.69, 9.17) is 17.0 Å². The summed E-state index contributed by atoms with van der Waals surface area (Å²) >= 11 is 0. The van der Waals surface area contributed by atoms with Crippen molar-refractivity contribution in [2.45, 2.75) is 70.4 Å². The summed E-state index contributed by atoms with van der Waals surface area (Å²) in [5.41, 5.74) is 1.19. The molecule has 0 spiro atoms. The van der Waals surface area contributed by atoms with Gasteiger partial charge < -0.3 is 29.2 Å². The van der Waals surface area contributed by atoms with Crippen molar-refractivity contribution in [2.75, 3.05) is 26.7 Å². The summed E-state index contributed by atoms with van der Waals surface area (Å²) in [6.07, 6.45) is 9.52. The molecule has 0 amide bonds. The summed E-state index contributed by atoms with van der Waals surface area (Å²) < 4.78 is 36.7. The van der Waals surface area contributed by atoms with Crippen LogP contribution in [0.2, 0.25) is 0 Å². The van der Waals surface area contributed by atoms with Crippen molar-refractivity contribution in [1.29, 1.82) is 0 Å². The van der Waals surface area contributed by atoms with Crippen LogP contribution < -0.4 is 4.74 Å². The molecule has 1 unspecified atom stereocenters. The topological polar surface area (TPSA) is 105 Å². The Kier molecular flexibility index (Phi) is 8.17. The molecule has 1 atom stereocenters. The van der Waals surface area contributed by atoms with E-state index in [1.807, 2.05) is 24.7 Å². The number of rotatable bonds is 8. The van der Waals surface area contributed by atoms with Crippen LogP contribution in [0.15, 0.2) is 48.9 Å². The van der Waals surface area contributed by atoms with Crippen molar-refractivity contribution >= 4 is 5.82 Å². The third-order valence-corrected chi connectivity index (χ3v) is 7.22. The van der Waals surface area contributed by atoms with Crippen LogP contribution in [0.5, 0.6) is 5.75 Å². The van der Waals surface area contributed by atoms with E-state index in [0.717, 1.165) is 45.2 Å². The fraction of sp³-hybridized carbons (Fsp3) is 0.484. The Morgan fingerprint density at radius 2 is 2.02 bits per heavy atom. The molecule has 4 heterocycles. The van der Waals surface area contributed by atoms with Gasteiger partial charge in [-0.1, -0.05) is 24.0 Å². The molecule has 216 valence electrons. The zero-order valence-electron chi connectivity index (χ0n) is 25.7. The lowest BCUT2D eigenvalue weighted by atomic mass is 10.1. The molecule has 5 rings (SSSR count).